The van der Waals surface area contributed by atoms with Crippen molar-refractivity contribution in [2.75, 3.05) is 26.2 Å². The molecule has 1 aromatic carbocycles. The fraction of sp³-hybridized carbons (Fsp3) is 0.423. The average molecular weight is 466 g/mol. The van der Waals surface area contributed by atoms with E-state index >= 15 is 0 Å². The van der Waals surface area contributed by atoms with Crippen molar-refractivity contribution >= 4 is 35.2 Å². The zero-order valence-electron chi connectivity index (χ0n) is 18.6. The topological polar surface area (TPSA) is 62.2 Å². The van der Waals surface area contributed by atoms with E-state index < -0.39 is 12.0 Å². The van der Waals surface area contributed by atoms with Gasteiger partial charge in [0.05, 0.1) is 5.71 Å². The van der Waals surface area contributed by atoms with E-state index in [9.17, 15) is 9.59 Å². The van der Waals surface area contributed by atoms with Gasteiger partial charge in [-0.25, -0.2) is 4.99 Å². The van der Waals surface area contributed by atoms with Crippen molar-refractivity contribution in [3.05, 3.63) is 64.4 Å². The number of fused-ring (bicyclic) bond motifs is 1. The molecule has 2 fully saturated rings. The van der Waals surface area contributed by atoms with Crippen molar-refractivity contribution in [1.29, 1.82) is 0 Å². The number of nitrogens with zero attached hydrogens (tertiary/aromatic N) is 3. The lowest BCUT2D eigenvalue weighted by molar-refractivity contribution is -0.129. The third kappa shape index (κ3) is 4.97. The van der Waals surface area contributed by atoms with Crippen molar-refractivity contribution in [3.8, 4) is 0 Å². The number of carbonyl (C=O) groups is 2. The summed E-state index contributed by atoms with van der Waals surface area (Å²) in [6, 6.07) is 7.86. The van der Waals surface area contributed by atoms with E-state index in [1.54, 1.807) is 36.4 Å². The van der Waals surface area contributed by atoms with Gasteiger partial charge in [0, 0.05) is 42.8 Å². The number of hydrogen-bond donors (Lipinski definition) is 0. The maximum Gasteiger partial charge on any atom is 0.312 e. The van der Waals surface area contributed by atoms with Gasteiger partial charge in [-0.15, -0.1) is 0 Å². The first kappa shape index (κ1) is 22.1. The fourth-order valence-corrected chi connectivity index (χ4v) is 5.23. The number of piperazine rings is 1. The summed E-state index contributed by atoms with van der Waals surface area (Å²) < 4.78 is 5.88. The van der Waals surface area contributed by atoms with Crippen molar-refractivity contribution in [1.82, 2.24) is 9.80 Å². The summed E-state index contributed by atoms with van der Waals surface area (Å²) >= 11 is 6.03. The second-order valence-electron chi connectivity index (χ2n) is 9.02. The van der Waals surface area contributed by atoms with Gasteiger partial charge < -0.3 is 9.64 Å². The average Bonchev–Trinajstić information content (AvgIpc) is 2.84. The van der Waals surface area contributed by atoms with Gasteiger partial charge in [-0.2, -0.15) is 0 Å². The lowest BCUT2D eigenvalue weighted by Gasteiger charge is -2.41. The van der Waals surface area contributed by atoms with E-state index in [1.165, 1.54) is 32.1 Å². The minimum atomic E-state index is -0.479. The molecule has 172 valence electrons. The SMILES string of the molecule is O=C1N=C2C=C(C(=O)N3CCN(C4CCCCC4)CC3)C=CC2O/C1=C/c1cccc(Cl)c1. The van der Waals surface area contributed by atoms with Gasteiger partial charge in [-0.3, -0.25) is 14.5 Å². The summed E-state index contributed by atoms with van der Waals surface area (Å²) in [5, 5.41) is 0.583. The highest BCUT2D eigenvalue weighted by molar-refractivity contribution is 6.30. The summed E-state index contributed by atoms with van der Waals surface area (Å²) in [5.74, 6) is -0.304. The molecule has 1 saturated heterocycles. The van der Waals surface area contributed by atoms with E-state index in [0.29, 0.717) is 22.3 Å². The van der Waals surface area contributed by atoms with Gasteiger partial charge in [0.15, 0.2) is 11.9 Å². The number of hydrogen-bond acceptors (Lipinski definition) is 4. The molecule has 4 aliphatic rings. The lowest BCUT2D eigenvalue weighted by Crippen LogP contribution is -2.52. The quantitative estimate of drug-likeness (QED) is 0.632. The van der Waals surface area contributed by atoms with Gasteiger partial charge in [0.2, 0.25) is 0 Å². The number of benzene rings is 1. The van der Waals surface area contributed by atoms with E-state index in [1.807, 2.05) is 17.0 Å². The Bertz CT molecular complexity index is 1060. The molecular formula is C26H28ClN3O3. The largest absolute Gasteiger partial charge is 0.474 e. The van der Waals surface area contributed by atoms with Crippen LogP contribution in [0.15, 0.2) is 58.8 Å². The van der Waals surface area contributed by atoms with Crippen LogP contribution in [0.2, 0.25) is 5.02 Å². The van der Waals surface area contributed by atoms with Crippen molar-refractivity contribution in [2.45, 2.75) is 44.2 Å². The van der Waals surface area contributed by atoms with Crippen LogP contribution < -0.4 is 0 Å². The number of ether oxygens (including phenoxy) is 1. The predicted molar refractivity (Wildman–Crippen MR) is 129 cm³/mol. The summed E-state index contributed by atoms with van der Waals surface area (Å²) in [5.41, 5.74) is 1.78. The second-order valence-corrected chi connectivity index (χ2v) is 9.46. The van der Waals surface area contributed by atoms with E-state index in [0.717, 1.165) is 31.7 Å². The third-order valence-electron chi connectivity index (χ3n) is 6.83. The summed E-state index contributed by atoms with van der Waals surface area (Å²) in [7, 11) is 0. The van der Waals surface area contributed by atoms with Crippen molar-refractivity contribution < 1.29 is 14.3 Å². The molecule has 5 rings (SSSR count). The Balaban J connectivity index is 1.24. The number of halogens is 1. The zero-order valence-corrected chi connectivity index (χ0v) is 19.3. The number of rotatable bonds is 3. The normalized spacial score (nSPS) is 25.4. The molecule has 1 aromatic rings. The number of carbonyl (C=O) groups excluding carboxylic acids is 2. The van der Waals surface area contributed by atoms with Crippen LogP contribution in [0.1, 0.15) is 37.7 Å². The van der Waals surface area contributed by atoms with Crippen molar-refractivity contribution in [2.24, 2.45) is 4.99 Å². The number of aliphatic imine (C=N–C) groups is 1. The molecule has 1 saturated carbocycles. The van der Waals surface area contributed by atoms with Crippen LogP contribution in [0.25, 0.3) is 6.08 Å². The Hall–Kier alpha value is -2.70. The van der Waals surface area contributed by atoms with E-state index in [4.69, 9.17) is 16.3 Å². The summed E-state index contributed by atoms with van der Waals surface area (Å²) in [6.07, 6.45) is 13.0. The Morgan fingerprint density at radius 2 is 1.91 bits per heavy atom. The molecule has 2 aliphatic carbocycles. The molecule has 0 N–H and O–H groups in total. The summed E-state index contributed by atoms with van der Waals surface area (Å²) in [6.45, 7) is 3.32. The van der Waals surface area contributed by atoms with Gasteiger partial charge in [0.1, 0.15) is 0 Å². The van der Waals surface area contributed by atoms with Crippen LogP contribution in [-0.2, 0) is 14.3 Å². The Morgan fingerprint density at radius 3 is 2.67 bits per heavy atom. The first-order valence-electron chi connectivity index (χ1n) is 11.8. The first-order valence-corrected chi connectivity index (χ1v) is 12.1. The molecule has 1 unspecified atom stereocenters. The highest BCUT2D eigenvalue weighted by atomic mass is 35.5. The molecule has 0 spiro atoms. The van der Waals surface area contributed by atoms with Crippen LogP contribution in [0.3, 0.4) is 0 Å². The highest BCUT2D eigenvalue weighted by Gasteiger charge is 2.32. The Kier molecular flexibility index (Phi) is 6.47. The molecule has 0 radical (unpaired) electrons. The molecule has 2 amide bonds. The molecule has 7 heteroatoms. The molecular weight excluding hydrogens is 438 g/mol. The Labute approximate surface area is 199 Å². The molecule has 6 nitrogen and oxygen atoms in total. The Morgan fingerprint density at radius 1 is 1.12 bits per heavy atom. The van der Waals surface area contributed by atoms with Crippen LogP contribution in [0.5, 0.6) is 0 Å². The van der Waals surface area contributed by atoms with Crippen LogP contribution in [0.4, 0.5) is 0 Å². The molecule has 33 heavy (non-hydrogen) atoms. The standard InChI is InChI=1S/C26H28ClN3O3/c27-20-6-4-5-18(15-20)16-24-25(31)28-22-17-19(9-10-23(22)33-24)26(32)30-13-11-29(12-14-30)21-7-2-1-3-8-21/h4-6,9-10,15-17,21,23H,1-3,7-8,11-14H2/b24-16+. The lowest BCUT2D eigenvalue weighted by atomic mass is 9.93. The van der Waals surface area contributed by atoms with Gasteiger partial charge >= 0.3 is 5.91 Å². The van der Waals surface area contributed by atoms with Crippen molar-refractivity contribution in [3.63, 3.8) is 0 Å². The zero-order chi connectivity index (χ0) is 22.8. The minimum Gasteiger partial charge on any atom is -0.474 e. The maximum atomic E-state index is 13.1. The van der Waals surface area contributed by atoms with Crippen LogP contribution >= 0.6 is 11.6 Å². The van der Waals surface area contributed by atoms with Gasteiger partial charge in [0.25, 0.3) is 5.91 Å². The summed E-state index contributed by atoms with van der Waals surface area (Å²) in [4.78, 5) is 34.3. The molecule has 2 aliphatic heterocycles. The fourth-order valence-electron chi connectivity index (χ4n) is 5.03. The van der Waals surface area contributed by atoms with Crippen LogP contribution in [-0.4, -0.2) is 65.7 Å². The molecule has 0 aromatic heterocycles. The second kappa shape index (κ2) is 9.65. The maximum absolute atomic E-state index is 13.1. The van der Waals surface area contributed by atoms with Gasteiger partial charge in [-0.05, 0) is 54.8 Å². The smallest absolute Gasteiger partial charge is 0.312 e. The minimum absolute atomic E-state index is 0.0107. The van der Waals surface area contributed by atoms with E-state index in [2.05, 4.69) is 9.89 Å². The number of amides is 2. The monoisotopic (exact) mass is 465 g/mol. The molecule has 0 bridgehead atoms. The highest BCUT2D eigenvalue weighted by Crippen LogP contribution is 2.26. The predicted octanol–water partition coefficient (Wildman–Crippen LogP) is 4.02. The molecule has 1 atom stereocenters. The van der Waals surface area contributed by atoms with Gasteiger partial charge in [-0.1, -0.05) is 43.0 Å². The third-order valence-corrected chi connectivity index (χ3v) is 7.06. The van der Waals surface area contributed by atoms with E-state index in [-0.39, 0.29) is 11.7 Å². The molecule has 2 heterocycles. The van der Waals surface area contributed by atoms with Crippen LogP contribution in [0, 0.1) is 0 Å². The first-order chi connectivity index (χ1) is 16.1.